The van der Waals surface area contributed by atoms with Gasteiger partial charge in [-0.2, -0.15) is 0 Å². The number of hydrogen-bond acceptors (Lipinski definition) is 4. The Balaban J connectivity index is 1.97. The number of aromatic hydroxyl groups is 1. The average Bonchev–Trinajstić information content (AvgIpc) is 2.82. The van der Waals surface area contributed by atoms with Gasteiger partial charge < -0.3 is 5.11 Å². The molecule has 1 aromatic heterocycles. The first-order chi connectivity index (χ1) is 8.58. The van der Waals surface area contributed by atoms with Crippen LogP contribution in [-0.4, -0.2) is 20.1 Å². The molecule has 1 heterocycles. The number of nitrogens with one attached hydrogen (secondary N) is 1. The maximum atomic E-state index is 11.9. The van der Waals surface area contributed by atoms with Crippen molar-refractivity contribution in [2.24, 2.45) is 0 Å². The summed E-state index contributed by atoms with van der Waals surface area (Å²) < 4.78 is 26.3. The Morgan fingerprint density at radius 3 is 2.50 bits per heavy atom. The molecule has 2 rings (SSSR count). The third-order valence-electron chi connectivity index (χ3n) is 2.39. The molecule has 0 bridgehead atoms. The topological polar surface area (TPSA) is 66.4 Å². The van der Waals surface area contributed by atoms with E-state index in [-0.39, 0.29) is 10.6 Å². The van der Waals surface area contributed by atoms with Crippen LogP contribution in [0.1, 0.15) is 4.88 Å². The summed E-state index contributed by atoms with van der Waals surface area (Å²) in [6.45, 7) is 0.365. The highest BCUT2D eigenvalue weighted by Crippen LogP contribution is 2.14. The van der Waals surface area contributed by atoms with Gasteiger partial charge in [-0.3, -0.25) is 0 Å². The molecule has 4 nitrogen and oxygen atoms in total. The summed E-state index contributed by atoms with van der Waals surface area (Å²) in [5, 5.41) is 11.1. The summed E-state index contributed by atoms with van der Waals surface area (Å²) in [5.41, 5.74) is 0. The number of thiophene rings is 1. The Kier molecular flexibility index (Phi) is 4.00. The predicted octanol–water partition coefficient (Wildman–Crippen LogP) is 1.97. The molecule has 0 aliphatic carbocycles. The zero-order valence-electron chi connectivity index (χ0n) is 9.54. The van der Waals surface area contributed by atoms with Crippen molar-refractivity contribution in [3.8, 4) is 5.75 Å². The van der Waals surface area contributed by atoms with Crippen LogP contribution in [0.4, 0.5) is 0 Å². The van der Waals surface area contributed by atoms with Gasteiger partial charge in [0.25, 0.3) is 0 Å². The van der Waals surface area contributed by atoms with Crippen LogP contribution in [0, 0.1) is 0 Å². The average molecular weight is 283 g/mol. The molecule has 18 heavy (non-hydrogen) atoms. The van der Waals surface area contributed by atoms with E-state index < -0.39 is 10.0 Å². The van der Waals surface area contributed by atoms with Gasteiger partial charge in [0, 0.05) is 11.4 Å². The lowest BCUT2D eigenvalue weighted by Gasteiger charge is -2.06. The van der Waals surface area contributed by atoms with Gasteiger partial charge >= 0.3 is 0 Å². The first-order valence-electron chi connectivity index (χ1n) is 5.39. The summed E-state index contributed by atoms with van der Waals surface area (Å²) in [6.07, 6.45) is 0.676. The van der Waals surface area contributed by atoms with Gasteiger partial charge in [0.2, 0.25) is 10.0 Å². The van der Waals surface area contributed by atoms with E-state index in [1.165, 1.54) is 24.3 Å². The fraction of sp³-hybridized carbons (Fsp3) is 0.167. The Hall–Kier alpha value is -1.37. The largest absolute Gasteiger partial charge is 0.508 e. The van der Waals surface area contributed by atoms with Gasteiger partial charge in [0.15, 0.2) is 0 Å². The van der Waals surface area contributed by atoms with Crippen molar-refractivity contribution in [1.82, 2.24) is 4.72 Å². The fourth-order valence-corrected chi connectivity index (χ4v) is 3.21. The molecule has 1 aromatic carbocycles. The van der Waals surface area contributed by atoms with E-state index >= 15 is 0 Å². The molecule has 0 atom stereocenters. The van der Waals surface area contributed by atoms with Crippen molar-refractivity contribution in [2.45, 2.75) is 11.3 Å². The molecular weight excluding hydrogens is 270 g/mol. The van der Waals surface area contributed by atoms with Gasteiger partial charge in [0.1, 0.15) is 5.75 Å². The van der Waals surface area contributed by atoms with Gasteiger partial charge in [-0.25, -0.2) is 13.1 Å². The van der Waals surface area contributed by atoms with Crippen molar-refractivity contribution in [1.29, 1.82) is 0 Å². The third kappa shape index (κ3) is 3.32. The Bertz CT molecular complexity index is 589. The van der Waals surface area contributed by atoms with E-state index in [9.17, 15) is 8.42 Å². The minimum absolute atomic E-state index is 0.0486. The number of benzene rings is 1. The summed E-state index contributed by atoms with van der Waals surface area (Å²) in [4.78, 5) is 1.30. The molecule has 0 spiro atoms. The number of phenolic OH excluding ortho intramolecular Hbond substituents is 1. The molecule has 2 aromatic rings. The summed E-state index contributed by atoms with van der Waals surface area (Å²) >= 11 is 1.60. The van der Waals surface area contributed by atoms with E-state index in [1.807, 2.05) is 17.5 Å². The SMILES string of the molecule is O=S(=O)(NCCc1cccs1)c1ccc(O)cc1. The molecule has 0 saturated carbocycles. The summed E-state index contributed by atoms with van der Waals surface area (Å²) in [7, 11) is -3.49. The molecule has 0 aliphatic rings. The zero-order chi connectivity index (χ0) is 13.0. The van der Waals surface area contributed by atoms with Crippen LogP contribution in [0.3, 0.4) is 0 Å². The lowest BCUT2D eigenvalue weighted by Crippen LogP contribution is -2.25. The van der Waals surface area contributed by atoms with Crippen molar-refractivity contribution >= 4 is 21.4 Å². The van der Waals surface area contributed by atoms with Crippen molar-refractivity contribution in [3.63, 3.8) is 0 Å². The van der Waals surface area contributed by atoms with E-state index in [1.54, 1.807) is 11.3 Å². The smallest absolute Gasteiger partial charge is 0.240 e. The van der Waals surface area contributed by atoms with E-state index in [4.69, 9.17) is 5.11 Å². The van der Waals surface area contributed by atoms with Crippen LogP contribution >= 0.6 is 11.3 Å². The standard InChI is InChI=1S/C12H13NO3S2/c14-10-3-5-12(6-4-10)18(15,16)13-8-7-11-2-1-9-17-11/h1-6,9,13-14H,7-8H2. The molecule has 0 amide bonds. The van der Waals surface area contributed by atoms with Crippen LogP contribution in [0.25, 0.3) is 0 Å². The highest BCUT2D eigenvalue weighted by atomic mass is 32.2. The maximum absolute atomic E-state index is 11.9. The lowest BCUT2D eigenvalue weighted by molar-refractivity contribution is 0.474. The summed E-state index contributed by atoms with van der Waals surface area (Å²) in [5.74, 6) is 0.0486. The third-order valence-corrected chi connectivity index (χ3v) is 4.80. The summed E-state index contributed by atoms with van der Waals surface area (Å²) in [6, 6.07) is 9.38. The van der Waals surface area contributed by atoms with E-state index in [0.717, 1.165) is 4.88 Å². The number of hydrogen-bond donors (Lipinski definition) is 2. The highest BCUT2D eigenvalue weighted by Gasteiger charge is 2.12. The van der Waals surface area contributed by atoms with Crippen LogP contribution in [0.15, 0.2) is 46.7 Å². The Labute approximate surface area is 110 Å². The van der Waals surface area contributed by atoms with E-state index in [2.05, 4.69) is 4.72 Å². The molecule has 0 fully saturated rings. The molecule has 0 radical (unpaired) electrons. The van der Waals surface area contributed by atoms with Gasteiger partial charge in [-0.05, 0) is 42.1 Å². The lowest BCUT2D eigenvalue weighted by atomic mass is 10.3. The van der Waals surface area contributed by atoms with E-state index in [0.29, 0.717) is 13.0 Å². The van der Waals surface area contributed by atoms with Crippen molar-refractivity contribution in [2.75, 3.05) is 6.54 Å². The Morgan fingerprint density at radius 2 is 1.89 bits per heavy atom. The normalized spacial score (nSPS) is 11.6. The predicted molar refractivity (Wildman–Crippen MR) is 71.3 cm³/mol. The fourth-order valence-electron chi connectivity index (χ4n) is 1.47. The molecule has 6 heteroatoms. The quantitative estimate of drug-likeness (QED) is 0.881. The van der Waals surface area contributed by atoms with Crippen molar-refractivity contribution < 1.29 is 13.5 Å². The van der Waals surface area contributed by atoms with Crippen LogP contribution in [0.2, 0.25) is 0 Å². The molecular formula is C12H13NO3S2. The first-order valence-corrected chi connectivity index (χ1v) is 7.75. The minimum Gasteiger partial charge on any atom is -0.508 e. The second kappa shape index (κ2) is 5.51. The van der Waals surface area contributed by atoms with Crippen LogP contribution in [-0.2, 0) is 16.4 Å². The molecule has 2 N–H and O–H groups in total. The number of sulfonamides is 1. The maximum Gasteiger partial charge on any atom is 0.240 e. The van der Waals surface area contributed by atoms with Crippen LogP contribution < -0.4 is 4.72 Å². The van der Waals surface area contributed by atoms with Gasteiger partial charge in [-0.15, -0.1) is 11.3 Å². The molecule has 96 valence electrons. The molecule has 0 saturated heterocycles. The van der Waals surface area contributed by atoms with Gasteiger partial charge in [0.05, 0.1) is 4.90 Å². The first kappa shape index (κ1) is 13.1. The molecule has 0 unspecified atom stereocenters. The second-order valence-corrected chi connectivity index (χ2v) is 6.52. The van der Waals surface area contributed by atoms with Crippen molar-refractivity contribution in [3.05, 3.63) is 46.7 Å². The van der Waals surface area contributed by atoms with Crippen LogP contribution in [0.5, 0.6) is 5.75 Å². The highest BCUT2D eigenvalue weighted by molar-refractivity contribution is 7.89. The Morgan fingerprint density at radius 1 is 1.17 bits per heavy atom. The minimum atomic E-state index is -3.49. The van der Waals surface area contributed by atoms with Gasteiger partial charge in [-0.1, -0.05) is 6.07 Å². The number of phenols is 1. The zero-order valence-corrected chi connectivity index (χ0v) is 11.2. The molecule has 0 aliphatic heterocycles. The monoisotopic (exact) mass is 283 g/mol. The number of rotatable bonds is 5. The second-order valence-electron chi connectivity index (χ2n) is 3.72.